The number of carbonyl (C=O) groups is 1. The molecule has 142 valence electrons. The van der Waals surface area contributed by atoms with Crippen molar-refractivity contribution in [1.82, 2.24) is 10.2 Å². The zero-order valence-corrected chi connectivity index (χ0v) is 15.6. The van der Waals surface area contributed by atoms with Crippen LogP contribution >= 0.6 is 0 Å². The van der Waals surface area contributed by atoms with E-state index in [1.54, 1.807) is 25.3 Å². The van der Waals surface area contributed by atoms with Gasteiger partial charge in [0.05, 0.1) is 18.1 Å². The Balaban J connectivity index is 1.99. The molecular formula is C20H23N3O4. The fourth-order valence-electron chi connectivity index (χ4n) is 2.59. The van der Waals surface area contributed by atoms with E-state index in [-0.39, 0.29) is 17.6 Å². The number of benzene rings is 2. The molecule has 0 aromatic heterocycles. The number of non-ortho nitro benzene ring substituents is 1. The molecule has 1 N–H and O–H groups in total. The van der Waals surface area contributed by atoms with Gasteiger partial charge in [-0.25, -0.2) is 0 Å². The van der Waals surface area contributed by atoms with Gasteiger partial charge >= 0.3 is 0 Å². The van der Waals surface area contributed by atoms with E-state index >= 15 is 0 Å². The first-order valence-corrected chi connectivity index (χ1v) is 8.41. The number of rotatable bonds is 8. The van der Waals surface area contributed by atoms with Crippen molar-refractivity contribution < 1.29 is 14.5 Å². The van der Waals surface area contributed by atoms with Crippen LogP contribution in [0.3, 0.4) is 0 Å². The number of hydrogen-bond acceptors (Lipinski definition) is 5. The molecule has 0 spiro atoms. The molecule has 27 heavy (non-hydrogen) atoms. The maximum Gasteiger partial charge on any atom is 0.270 e. The molecule has 0 aliphatic heterocycles. The summed E-state index contributed by atoms with van der Waals surface area (Å²) in [6.07, 6.45) is 2.93. The molecule has 2 aromatic rings. The summed E-state index contributed by atoms with van der Waals surface area (Å²) >= 11 is 0. The van der Waals surface area contributed by atoms with Gasteiger partial charge in [-0.05, 0) is 43.4 Å². The lowest BCUT2D eigenvalue weighted by atomic mass is 10.1. The van der Waals surface area contributed by atoms with Crippen molar-refractivity contribution in [2.75, 3.05) is 27.7 Å². The zero-order chi connectivity index (χ0) is 19.8. The summed E-state index contributed by atoms with van der Waals surface area (Å²) in [5, 5.41) is 13.7. The third kappa shape index (κ3) is 5.93. The molecule has 0 bridgehead atoms. The smallest absolute Gasteiger partial charge is 0.270 e. The maximum atomic E-state index is 12.1. The predicted molar refractivity (Wildman–Crippen MR) is 105 cm³/mol. The van der Waals surface area contributed by atoms with Gasteiger partial charge < -0.3 is 15.0 Å². The van der Waals surface area contributed by atoms with Crippen LogP contribution in [0.4, 0.5) is 5.69 Å². The predicted octanol–water partition coefficient (Wildman–Crippen LogP) is 3.04. The highest BCUT2D eigenvalue weighted by Gasteiger charge is 2.14. The van der Waals surface area contributed by atoms with Crippen molar-refractivity contribution >= 4 is 17.7 Å². The van der Waals surface area contributed by atoms with E-state index in [0.29, 0.717) is 12.1 Å². The largest absolute Gasteiger partial charge is 0.497 e. The number of ether oxygens (including phenoxy) is 1. The number of nitro benzene ring substituents is 1. The second-order valence-electron chi connectivity index (χ2n) is 6.18. The topological polar surface area (TPSA) is 84.7 Å². The highest BCUT2D eigenvalue weighted by atomic mass is 16.6. The van der Waals surface area contributed by atoms with E-state index in [1.807, 2.05) is 43.3 Å². The van der Waals surface area contributed by atoms with Gasteiger partial charge in [0.25, 0.3) is 5.69 Å². The average molecular weight is 369 g/mol. The fraction of sp³-hybridized carbons (Fsp3) is 0.250. The minimum Gasteiger partial charge on any atom is -0.497 e. The van der Waals surface area contributed by atoms with E-state index in [0.717, 1.165) is 11.3 Å². The molecule has 0 fully saturated rings. The fourth-order valence-corrected chi connectivity index (χ4v) is 2.59. The van der Waals surface area contributed by atoms with Crippen LogP contribution in [0.5, 0.6) is 5.75 Å². The molecular weight excluding hydrogens is 346 g/mol. The molecule has 0 aliphatic rings. The van der Waals surface area contributed by atoms with Crippen LogP contribution in [0, 0.1) is 10.1 Å². The van der Waals surface area contributed by atoms with Gasteiger partial charge in [-0.3, -0.25) is 14.9 Å². The number of methoxy groups -OCH3 is 1. The minimum atomic E-state index is -0.464. The first-order chi connectivity index (χ1) is 12.9. The van der Waals surface area contributed by atoms with Crippen LogP contribution in [0.25, 0.3) is 6.08 Å². The minimum absolute atomic E-state index is 0.00562. The Hall–Kier alpha value is -3.19. The van der Waals surface area contributed by atoms with Crippen molar-refractivity contribution in [3.05, 3.63) is 75.8 Å². The lowest BCUT2D eigenvalue weighted by molar-refractivity contribution is -0.384. The van der Waals surface area contributed by atoms with Crippen molar-refractivity contribution in [2.45, 2.75) is 6.04 Å². The van der Waals surface area contributed by atoms with Crippen LogP contribution in [0.2, 0.25) is 0 Å². The van der Waals surface area contributed by atoms with Gasteiger partial charge in [-0.15, -0.1) is 0 Å². The van der Waals surface area contributed by atoms with Crippen LogP contribution in [0.1, 0.15) is 17.2 Å². The lowest BCUT2D eigenvalue weighted by Gasteiger charge is -2.25. The van der Waals surface area contributed by atoms with Crippen LogP contribution in [-0.2, 0) is 4.79 Å². The third-order valence-electron chi connectivity index (χ3n) is 4.10. The quantitative estimate of drug-likeness (QED) is 0.439. The molecule has 2 aromatic carbocycles. The van der Waals surface area contributed by atoms with E-state index in [4.69, 9.17) is 4.74 Å². The Labute approximate surface area is 158 Å². The van der Waals surface area contributed by atoms with Crippen molar-refractivity contribution in [3.63, 3.8) is 0 Å². The van der Waals surface area contributed by atoms with E-state index < -0.39 is 4.92 Å². The summed E-state index contributed by atoms with van der Waals surface area (Å²) in [7, 11) is 5.51. The van der Waals surface area contributed by atoms with Crippen molar-refractivity contribution in [1.29, 1.82) is 0 Å². The monoisotopic (exact) mass is 369 g/mol. The standard InChI is InChI=1S/C20H23N3O4/c1-22(2)19(16-8-10-18(27-3)11-9-16)14-21-20(24)12-7-15-5-4-6-17(13-15)23(25)26/h4-13,19H,14H2,1-3H3,(H,21,24)/b12-7+. The summed E-state index contributed by atoms with van der Waals surface area (Å²) in [5.41, 5.74) is 1.65. The summed E-state index contributed by atoms with van der Waals surface area (Å²) in [6, 6.07) is 13.8. The van der Waals surface area contributed by atoms with Gasteiger partial charge in [-0.2, -0.15) is 0 Å². The number of nitro groups is 1. The highest BCUT2D eigenvalue weighted by Crippen LogP contribution is 2.20. The first kappa shape index (κ1) is 20.1. The van der Waals surface area contributed by atoms with E-state index in [9.17, 15) is 14.9 Å². The number of likely N-dealkylation sites (N-methyl/N-ethyl adjacent to an activating group) is 1. The summed E-state index contributed by atoms with van der Waals surface area (Å²) in [4.78, 5) is 24.5. The Morgan fingerprint density at radius 1 is 1.26 bits per heavy atom. The summed E-state index contributed by atoms with van der Waals surface area (Å²) in [6.45, 7) is 0.428. The van der Waals surface area contributed by atoms with Gasteiger partial charge in [0.1, 0.15) is 5.75 Å². The van der Waals surface area contributed by atoms with E-state index in [1.165, 1.54) is 18.2 Å². The number of nitrogens with one attached hydrogen (secondary N) is 1. The van der Waals surface area contributed by atoms with Gasteiger partial charge in [0, 0.05) is 24.8 Å². The van der Waals surface area contributed by atoms with Crippen LogP contribution in [0.15, 0.2) is 54.6 Å². The highest BCUT2D eigenvalue weighted by molar-refractivity contribution is 5.91. The Morgan fingerprint density at radius 2 is 1.96 bits per heavy atom. The first-order valence-electron chi connectivity index (χ1n) is 8.41. The molecule has 0 saturated carbocycles. The Bertz CT molecular complexity index is 816. The molecule has 0 saturated heterocycles. The van der Waals surface area contributed by atoms with Gasteiger partial charge in [-0.1, -0.05) is 24.3 Å². The number of amides is 1. The molecule has 0 heterocycles. The third-order valence-corrected chi connectivity index (χ3v) is 4.10. The second-order valence-corrected chi connectivity index (χ2v) is 6.18. The molecule has 0 aliphatic carbocycles. The number of nitrogens with zero attached hydrogens (tertiary/aromatic N) is 2. The lowest BCUT2D eigenvalue weighted by Crippen LogP contribution is -2.33. The molecule has 1 amide bonds. The van der Waals surface area contributed by atoms with Crippen molar-refractivity contribution in [3.8, 4) is 5.75 Å². The van der Waals surface area contributed by atoms with E-state index in [2.05, 4.69) is 5.32 Å². The number of carbonyl (C=O) groups excluding carboxylic acids is 1. The summed E-state index contributed by atoms with van der Waals surface area (Å²) in [5.74, 6) is 0.516. The molecule has 1 atom stereocenters. The molecule has 1 unspecified atom stereocenters. The average Bonchev–Trinajstić information content (AvgIpc) is 2.67. The molecule has 2 rings (SSSR count). The Morgan fingerprint density at radius 3 is 2.56 bits per heavy atom. The number of hydrogen-bond donors (Lipinski definition) is 1. The Kier molecular flexibility index (Phi) is 7.08. The second kappa shape index (κ2) is 9.49. The molecule has 0 radical (unpaired) electrons. The SMILES string of the molecule is COc1ccc(C(CNC(=O)/C=C/c2cccc([N+](=O)[O-])c2)N(C)C)cc1. The zero-order valence-electron chi connectivity index (χ0n) is 15.6. The van der Waals surface area contributed by atoms with Gasteiger partial charge in [0.15, 0.2) is 0 Å². The molecule has 7 heteroatoms. The van der Waals surface area contributed by atoms with Gasteiger partial charge in [0.2, 0.25) is 5.91 Å². The normalized spacial score (nSPS) is 12.1. The van der Waals surface area contributed by atoms with Crippen LogP contribution < -0.4 is 10.1 Å². The van der Waals surface area contributed by atoms with Crippen LogP contribution in [-0.4, -0.2) is 43.5 Å². The summed E-state index contributed by atoms with van der Waals surface area (Å²) < 4.78 is 5.17. The molecule has 7 nitrogen and oxygen atoms in total. The maximum absolute atomic E-state index is 12.1. The van der Waals surface area contributed by atoms with Crippen molar-refractivity contribution in [2.24, 2.45) is 0 Å².